The molecular weight excluding hydrogens is 354 g/mol. The van der Waals surface area contributed by atoms with Gasteiger partial charge in [-0.05, 0) is 17.7 Å². The minimum Gasteiger partial charge on any atom is -0.493 e. The number of nitrogens with one attached hydrogen (secondary N) is 1. The van der Waals surface area contributed by atoms with Crippen molar-refractivity contribution >= 4 is 29.1 Å². The average Bonchev–Trinajstić information content (AvgIpc) is 2.64. The van der Waals surface area contributed by atoms with Crippen LogP contribution in [0.2, 0.25) is 0 Å². The van der Waals surface area contributed by atoms with Crippen molar-refractivity contribution in [2.24, 2.45) is 0 Å². The molecule has 0 saturated carbocycles. The third-order valence-electron chi connectivity index (χ3n) is 3.33. The molecule has 0 aliphatic heterocycles. The lowest BCUT2D eigenvalue weighted by Crippen LogP contribution is -2.12. The van der Waals surface area contributed by atoms with Gasteiger partial charge in [0.1, 0.15) is 0 Å². The third-order valence-corrected chi connectivity index (χ3v) is 3.33. The number of anilines is 1. The number of benzene rings is 1. The van der Waals surface area contributed by atoms with Crippen molar-refractivity contribution in [2.75, 3.05) is 26.6 Å². The number of allylic oxidation sites excluding steroid dienone is 2. The van der Waals surface area contributed by atoms with Gasteiger partial charge in [-0.15, -0.1) is 0 Å². The Morgan fingerprint density at radius 1 is 0.889 bits per heavy atom. The number of hydrogen-bond donors (Lipinski definition) is 1. The highest BCUT2D eigenvalue weighted by atomic mass is 16.6. The highest BCUT2D eigenvalue weighted by Gasteiger charge is 2.12. The summed E-state index contributed by atoms with van der Waals surface area (Å²) >= 11 is 0. The van der Waals surface area contributed by atoms with Gasteiger partial charge in [-0.1, -0.05) is 12.1 Å². The van der Waals surface area contributed by atoms with Gasteiger partial charge in [-0.3, -0.25) is 14.4 Å². The van der Waals surface area contributed by atoms with E-state index in [1.807, 2.05) is 0 Å². The Bertz CT molecular complexity index is 776. The fraction of sp³-hybridized carbons (Fsp3) is 0.263. The minimum absolute atomic E-state index is 0.0378. The van der Waals surface area contributed by atoms with Gasteiger partial charge in [0.15, 0.2) is 17.3 Å². The van der Waals surface area contributed by atoms with E-state index in [0.717, 1.165) is 12.2 Å². The van der Waals surface area contributed by atoms with Gasteiger partial charge in [0.2, 0.25) is 5.76 Å². The number of rotatable bonds is 9. The van der Waals surface area contributed by atoms with E-state index in [9.17, 15) is 19.2 Å². The summed E-state index contributed by atoms with van der Waals surface area (Å²) in [5, 5.41) is 2.58. The molecule has 1 aromatic carbocycles. The summed E-state index contributed by atoms with van der Waals surface area (Å²) in [4.78, 5) is 46.4. The molecule has 1 aromatic rings. The summed E-state index contributed by atoms with van der Waals surface area (Å²) < 4.78 is 14.1. The lowest BCUT2D eigenvalue weighted by Gasteiger charge is -2.06. The molecule has 0 aliphatic carbocycles. The number of esters is 1. The molecule has 8 heteroatoms. The van der Waals surface area contributed by atoms with Crippen LogP contribution in [-0.4, -0.2) is 44.8 Å². The molecule has 0 atom stereocenters. The van der Waals surface area contributed by atoms with Crippen LogP contribution < -0.4 is 5.32 Å². The van der Waals surface area contributed by atoms with E-state index in [0.29, 0.717) is 11.3 Å². The molecule has 27 heavy (non-hydrogen) atoms. The van der Waals surface area contributed by atoms with Crippen molar-refractivity contribution in [3.8, 4) is 0 Å². The Morgan fingerprint density at radius 2 is 1.48 bits per heavy atom. The van der Waals surface area contributed by atoms with E-state index >= 15 is 0 Å². The van der Waals surface area contributed by atoms with Crippen molar-refractivity contribution in [1.29, 1.82) is 0 Å². The first-order valence-corrected chi connectivity index (χ1v) is 7.84. The standard InChI is InChI=1S/C19H21NO7/c1-12(21)16(25-2)11-18(23)20-14-7-5-13(6-8-14)9-15(22)10-17(26-3)19(24)27-4/h5-8,10-11H,9H2,1-4H3,(H,20,23)/b16-11+,17-10-. The number of hydrogen-bond acceptors (Lipinski definition) is 7. The summed E-state index contributed by atoms with van der Waals surface area (Å²) in [7, 11) is 3.76. The average molecular weight is 375 g/mol. The van der Waals surface area contributed by atoms with E-state index < -0.39 is 11.9 Å². The van der Waals surface area contributed by atoms with Crippen LogP contribution in [0.4, 0.5) is 5.69 Å². The first-order chi connectivity index (χ1) is 12.8. The Labute approximate surface area is 156 Å². The highest BCUT2D eigenvalue weighted by molar-refractivity contribution is 6.05. The van der Waals surface area contributed by atoms with Gasteiger partial charge >= 0.3 is 5.97 Å². The number of methoxy groups -OCH3 is 3. The predicted octanol–water partition coefficient (Wildman–Crippen LogP) is 1.56. The van der Waals surface area contributed by atoms with E-state index in [2.05, 4.69) is 10.1 Å². The summed E-state index contributed by atoms with van der Waals surface area (Å²) in [5.74, 6) is -2.20. The van der Waals surface area contributed by atoms with Gasteiger partial charge in [0.05, 0.1) is 21.3 Å². The van der Waals surface area contributed by atoms with Crippen molar-refractivity contribution < 1.29 is 33.4 Å². The molecular formula is C19H21NO7. The van der Waals surface area contributed by atoms with Crippen LogP contribution >= 0.6 is 0 Å². The second-order valence-electron chi connectivity index (χ2n) is 5.30. The Morgan fingerprint density at radius 3 is 1.96 bits per heavy atom. The maximum atomic E-state index is 12.0. The fourth-order valence-electron chi connectivity index (χ4n) is 2.01. The lowest BCUT2D eigenvalue weighted by atomic mass is 10.1. The topological polar surface area (TPSA) is 108 Å². The number of amides is 1. The van der Waals surface area contributed by atoms with Crippen LogP contribution in [0.5, 0.6) is 0 Å². The summed E-state index contributed by atoms with van der Waals surface area (Å²) in [5.41, 5.74) is 1.15. The Hall–Kier alpha value is -3.42. The highest BCUT2D eigenvalue weighted by Crippen LogP contribution is 2.12. The maximum Gasteiger partial charge on any atom is 0.373 e. The maximum absolute atomic E-state index is 12.0. The van der Waals surface area contributed by atoms with Gasteiger partial charge in [-0.2, -0.15) is 0 Å². The number of carbonyl (C=O) groups is 4. The number of ether oxygens (including phenoxy) is 3. The number of carbonyl (C=O) groups excluding carboxylic acids is 4. The summed E-state index contributed by atoms with van der Waals surface area (Å²) in [6.07, 6.45) is 2.17. The zero-order valence-electron chi connectivity index (χ0n) is 15.5. The van der Waals surface area contributed by atoms with E-state index in [1.54, 1.807) is 24.3 Å². The zero-order valence-corrected chi connectivity index (χ0v) is 15.5. The molecule has 1 rings (SSSR count). The molecule has 0 radical (unpaired) electrons. The second kappa shape index (κ2) is 10.5. The van der Waals surface area contributed by atoms with Gasteiger partial charge in [0, 0.05) is 31.2 Å². The molecule has 1 amide bonds. The van der Waals surface area contributed by atoms with Gasteiger partial charge in [-0.25, -0.2) is 4.79 Å². The molecule has 8 nitrogen and oxygen atoms in total. The van der Waals surface area contributed by atoms with E-state index in [-0.39, 0.29) is 29.5 Å². The van der Waals surface area contributed by atoms with Crippen LogP contribution in [0, 0.1) is 0 Å². The molecule has 144 valence electrons. The second-order valence-corrected chi connectivity index (χ2v) is 5.30. The molecule has 0 unspecified atom stereocenters. The normalized spacial score (nSPS) is 11.4. The number of Topliss-reactive ketones (excluding diaryl/α,β-unsaturated/α-hetero) is 1. The Balaban J connectivity index is 2.75. The quantitative estimate of drug-likeness (QED) is 0.396. The van der Waals surface area contributed by atoms with E-state index in [4.69, 9.17) is 9.47 Å². The van der Waals surface area contributed by atoms with Crippen molar-refractivity contribution in [1.82, 2.24) is 0 Å². The Kier molecular flexibility index (Phi) is 8.44. The smallest absolute Gasteiger partial charge is 0.373 e. The fourth-order valence-corrected chi connectivity index (χ4v) is 2.01. The molecule has 0 saturated heterocycles. The van der Waals surface area contributed by atoms with E-state index in [1.165, 1.54) is 28.3 Å². The van der Waals surface area contributed by atoms with Crippen LogP contribution in [0.1, 0.15) is 12.5 Å². The first-order valence-electron chi connectivity index (χ1n) is 7.84. The first kappa shape index (κ1) is 21.6. The predicted molar refractivity (Wildman–Crippen MR) is 96.7 cm³/mol. The molecule has 0 bridgehead atoms. The summed E-state index contributed by atoms with van der Waals surface area (Å²) in [6, 6.07) is 6.52. The van der Waals surface area contributed by atoms with Crippen LogP contribution in [0.3, 0.4) is 0 Å². The molecule has 0 aliphatic rings. The largest absolute Gasteiger partial charge is 0.493 e. The van der Waals surface area contributed by atoms with Crippen molar-refractivity contribution in [2.45, 2.75) is 13.3 Å². The van der Waals surface area contributed by atoms with Crippen LogP contribution in [0.25, 0.3) is 0 Å². The monoisotopic (exact) mass is 375 g/mol. The minimum atomic E-state index is -0.738. The molecule has 0 fully saturated rings. The van der Waals surface area contributed by atoms with Crippen LogP contribution in [-0.2, 0) is 39.8 Å². The zero-order chi connectivity index (χ0) is 20.4. The molecule has 0 heterocycles. The molecule has 0 aromatic heterocycles. The van der Waals surface area contributed by atoms with Gasteiger partial charge < -0.3 is 19.5 Å². The lowest BCUT2D eigenvalue weighted by molar-refractivity contribution is -0.140. The van der Waals surface area contributed by atoms with Crippen molar-refractivity contribution in [3.05, 3.63) is 53.5 Å². The third kappa shape index (κ3) is 7.15. The van der Waals surface area contributed by atoms with Crippen LogP contribution in [0.15, 0.2) is 47.9 Å². The van der Waals surface area contributed by atoms with Gasteiger partial charge in [0.25, 0.3) is 5.91 Å². The number of ketones is 2. The summed E-state index contributed by atoms with van der Waals surface area (Å²) in [6.45, 7) is 1.29. The SMILES string of the molecule is COC(=O)/C(=C/C(=O)Cc1ccc(NC(=O)/C=C(/OC)C(C)=O)cc1)OC. The molecule has 1 N–H and O–H groups in total. The van der Waals surface area contributed by atoms with Crippen molar-refractivity contribution in [3.63, 3.8) is 0 Å². The molecule has 0 spiro atoms.